The molecule has 2 heterocycles. The Balaban J connectivity index is 2.67. The van der Waals surface area contributed by atoms with Crippen LogP contribution in [0.3, 0.4) is 0 Å². The highest BCUT2D eigenvalue weighted by molar-refractivity contribution is 5.37. The van der Waals surface area contributed by atoms with Gasteiger partial charge < -0.3 is 0 Å². The minimum absolute atomic E-state index is 0.197. The normalized spacial score (nSPS) is 12.7. The lowest BCUT2D eigenvalue weighted by atomic mass is 10.2. The van der Waals surface area contributed by atoms with Crippen molar-refractivity contribution in [3.05, 3.63) is 47.4 Å². The van der Waals surface area contributed by atoms with Crippen LogP contribution in [-0.4, -0.2) is 9.55 Å². The second kappa shape index (κ2) is 5.09. The topological polar surface area (TPSA) is 17.8 Å². The monoisotopic (exact) mass is 308 g/mol. The number of aryl methyl sites for hydroxylation is 1. The first-order valence-corrected chi connectivity index (χ1v) is 5.96. The van der Waals surface area contributed by atoms with Crippen molar-refractivity contribution in [1.29, 1.82) is 0 Å². The van der Waals surface area contributed by atoms with E-state index >= 15 is 0 Å². The van der Waals surface area contributed by atoms with Crippen LogP contribution in [0.5, 0.6) is 0 Å². The zero-order valence-corrected chi connectivity index (χ0v) is 10.8. The summed E-state index contributed by atoms with van der Waals surface area (Å²) in [5, 5.41) is 0. The van der Waals surface area contributed by atoms with E-state index in [2.05, 4.69) is 4.98 Å². The van der Waals surface area contributed by atoms with Crippen molar-refractivity contribution in [1.82, 2.24) is 9.55 Å². The molecule has 0 radical (unpaired) electrons. The van der Waals surface area contributed by atoms with Gasteiger partial charge in [-0.2, -0.15) is 26.3 Å². The molecule has 2 aromatic heterocycles. The van der Waals surface area contributed by atoms with Gasteiger partial charge in [-0.3, -0.25) is 4.57 Å². The lowest BCUT2D eigenvalue weighted by molar-refractivity contribution is -0.164. The SMILES string of the molecule is CCc1cccc(-n2ccc(C(F)(F)F)c2C(F)(F)F)n1. The van der Waals surface area contributed by atoms with Crippen LogP contribution in [0.1, 0.15) is 23.9 Å². The highest BCUT2D eigenvalue weighted by Gasteiger charge is 2.46. The molecule has 2 nitrogen and oxygen atoms in total. The predicted molar refractivity (Wildman–Crippen MR) is 62.9 cm³/mol. The third kappa shape index (κ3) is 3.03. The van der Waals surface area contributed by atoms with Crippen LogP contribution in [-0.2, 0) is 18.8 Å². The van der Waals surface area contributed by atoms with Gasteiger partial charge in [0.05, 0.1) is 5.56 Å². The summed E-state index contributed by atoms with van der Waals surface area (Å²) in [6, 6.07) is 4.68. The van der Waals surface area contributed by atoms with Crippen molar-refractivity contribution in [2.45, 2.75) is 25.7 Å². The second-order valence-corrected chi connectivity index (χ2v) is 4.28. The van der Waals surface area contributed by atoms with Crippen molar-refractivity contribution < 1.29 is 26.3 Å². The van der Waals surface area contributed by atoms with Crippen molar-refractivity contribution in [2.24, 2.45) is 0 Å². The summed E-state index contributed by atoms with van der Waals surface area (Å²) in [5.74, 6) is -0.197. The van der Waals surface area contributed by atoms with E-state index in [4.69, 9.17) is 0 Å². The second-order valence-electron chi connectivity index (χ2n) is 4.28. The first kappa shape index (κ1) is 15.4. The first-order chi connectivity index (χ1) is 9.64. The molecular formula is C13H10F6N2. The van der Waals surface area contributed by atoms with Gasteiger partial charge in [0.15, 0.2) is 0 Å². The van der Waals surface area contributed by atoms with Crippen LogP contribution in [0.25, 0.3) is 5.82 Å². The maximum atomic E-state index is 13.0. The van der Waals surface area contributed by atoms with E-state index in [1.165, 1.54) is 12.1 Å². The fourth-order valence-electron chi connectivity index (χ4n) is 1.94. The Bertz CT molecular complexity index is 639. The lowest BCUT2D eigenvalue weighted by Crippen LogP contribution is -2.19. The van der Waals surface area contributed by atoms with Gasteiger partial charge in [-0.25, -0.2) is 4.98 Å². The molecule has 0 amide bonds. The Morgan fingerprint density at radius 2 is 1.67 bits per heavy atom. The minimum Gasteiger partial charge on any atom is -0.297 e. The number of rotatable bonds is 2. The molecule has 0 saturated carbocycles. The summed E-state index contributed by atoms with van der Waals surface area (Å²) >= 11 is 0. The zero-order chi connectivity index (χ0) is 15.8. The summed E-state index contributed by atoms with van der Waals surface area (Å²) in [6.45, 7) is 1.74. The minimum atomic E-state index is -5.14. The zero-order valence-electron chi connectivity index (χ0n) is 10.8. The molecule has 114 valence electrons. The average molecular weight is 308 g/mol. The molecule has 0 N–H and O–H groups in total. The van der Waals surface area contributed by atoms with E-state index in [-0.39, 0.29) is 5.82 Å². The molecule has 0 saturated heterocycles. The largest absolute Gasteiger partial charge is 0.432 e. The quantitative estimate of drug-likeness (QED) is 0.748. The van der Waals surface area contributed by atoms with Gasteiger partial charge in [0.2, 0.25) is 0 Å². The standard InChI is InChI=1S/C13H10F6N2/c1-2-8-4-3-5-10(20-8)21-7-6-9(12(14,15)16)11(21)13(17,18)19/h3-7H,2H2,1H3. The van der Waals surface area contributed by atoms with E-state index in [9.17, 15) is 26.3 Å². The number of hydrogen-bond acceptors (Lipinski definition) is 1. The highest BCUT2D eigenvalue weighted by atomic mass is 19.4. The fraction of sp³-hybridized carbons (Fsp3) is 0.308. The number of hydrogen-bond donors (Lipinski definition) is 0. The van der Waals surface area contributed by atoms with E-state index in [0.29, 0.717) is 22.7 Å². The van der Waals surface area contributed by atoms with Crippen LogP contribution in [0.2, 0.25) is 0 Å². The maximum absolute atomic E-state index is 13.0. The van der Waals surface area contributed by atoms with Gasteiger partial charge in [0.25, 0.3) is 0 Å². The van der Waals surface area contributed by atoms with Crippen LogP contribution in [0.4, 0.5) is 26.3 Å². The van der Waals surface area contributed by atoms with Crippen molar-refractivity contribution in [3.8, 4) is 5.82 Å². The Kier molecular flexibility index (Phi) is 3.73. The molecular weight excluding hydrogens is 298 g/mol. The molecule has 2 aromatic rings. The number of nitrogens with zero attached hydrogens (tertiary/aromatic N) is 2. The smallest absolute Gasteiger partial charge is 0.297 e. The molecule has 8 heteroatoms. The molecule has 0 aromatic carbocycles. The molecule has 0 aliphatic heterocycles. The van der Waals surface area contributed by atoms with Gasteiger partial charge in [-0.1, -0.05) is 13.0 Å². The average Bonchev–Trinajstić information content (AvgIpc) is 2.83. The first-order valence-electron chi connectivity index (χ1n) is 5.96. The van der Waals surface area contributed by atoms with Crippen LogP contribution < -0.4 is 0 Å². The molecule has 0 spiro atoms. The Morgan fingerprint density at radius 1 is 1.00 bits per heavy atom. The van der Waals surface area contributed by atoms with Gasteiger partial charge in [0, 0.05) is 11.9 Å². The summed E-state index contributed by atoms with van der Waals surface area (Å²) in [7, 11) is 0. The molecule has 0 bridgehead atoms. The van der Waals surface area contributed by atoms with Gasteiger partial charge in [-0.15, -0.1) is 0 Å². The Labute approximate surface area is 116 Å². The third-order valence-electron chi connectivity index (χ3n) is 2.86. The van der Waals surface area contributed by atoms with Gasteiger partial charge in [-0.05, 0) is 24.6 Å². The predicted octanol–water partition coefficient (Wildman–Crippen LogP) is 4.47. The third-order valence-corrected chi connectivity index (χ3v) is 2.86. The van der Waals surface area contributed by atoms with Crippen molar-refractivity contribution >= 4 is 0 Å². The molecule has 0 fully saturated rings. The number of aromatic nitrogens is 2. The Morgan fingerprint density at radius 3 is 2.19 bits per heavy atom. The van der Waals surface area contributed by atoms with E-state index < -0.39 is 23.6 Å². The van der Waals surface area contributed by atoms with Gasteiger partial charge in [0.1, 0.15) is 11.5 Å². The molecule has 0 unspecified atom stereocenters. The number of pyridine rings is 1. The highest BCUT2D eigenvalue weighted by Crippen LogP contribution is 2.41. The van der Waals surface area contributed by atoms with E-state index in [1.54, 1.807) is 13.0 Å². The van der Waals surface area contributed by atoms with E-state index in [1.807, 2.05) is 0 Å². The van der Waals surface area contributed by atoms with Gasteiger partial charge >= 0.3 is 12.4 Å². The maximum Gasteiger partial charge on any atom is 0.432 e. The molecule has 2 rings (SSSR count). The summed E-state index contributed by atoms with van der Waals surface area (Å²) in [4.78, 5) is 3.93. The summed E-state index contributed by atoms with van der Waals surface area (Å²) in [6.07, 6.45) is -9.03. The van der Waals surface area contributed by atoms with Crippen LogP contribution in [0, 0.1) is 0 Å². The van der Waals surface area contributed by atoms with Crippen molar-refractivity contribution in [3.63, 3.8) is 0 Å². The molecule has 0 aliphatic rings. The molecule has 21 heavy (non-hydrogen) atoms. The summed E-state index contributed by atoms with van der Waals surface area (Å²) in [5.41, 5.74) is -3.00. The fourth-order valence-corrected chi connectivity index (χ4v) is 1.94. The number of halogens is 6. The number of alkyl halides is 6. The van der Waals surface area contributed by atoms with E-state index in [0.717, 1.165) is 6.20 Å². The summed E-state index contributed by atoms with van der Waals surface area (Å²) < 4.78 is 77.6. The van der Waals surface area contributed by atoms with Crippen LogP contribution >= 0.6 is 0 Å². The molecule has 0 aliphatic carbocycles. The lowest BCUT2D eigenvalue weighted by Gasteiger charge is -2.15. The van der Waals surface area contributed by atoms with Crippen molar-refractivity contribution in [2.75, 3.05) is 0 Å². The Hall–Kier alpha value is -1.99. The molecule has 0 atom stereocenters. The van der Waals surface area contributed by atoms with Crippen LogP contribution in [0.15, 0.2) is 30.5 Å².